The number of ether oxygens (including phenoxy) is 1. The molecule has 0 radical (unpaired) electrons. The summed E-state index contributed by atoms with van der Waals surface area (Å²) in [5.74, 6) is 1.12. The third-order valence-corrected chi connectivity index (χ3v) is 5.24. The van der Waals surface area contributed by atoms with Gasteiger partial charge in [0, 0.05) is 50.2 Å². The number of carbonyl (C=O) groups excluding carboxylic acids is 1. The Morgan fingerprint density at radius 3 is 2.40 bits per heavy atom. The summed E-state index contributed by atoms with van der Waals surface area (Å²) >= 11 is 0. The minimum atomic E-state index is 0.215. The van der Waals surface area contributed by atoms with Crippen LogP contribution in [0.5, 0.6) is 5.75 Å². The summed E-state index contributed by atoms with van der Waals surface area (Å²) in [7, 11) is 3.71. The van der Waals surface area contributed by atoms with Crippen molar-refractivity contribution in [2.75, 3.05) is 44.7 Å². The molecule has 0 saturated carbocycles. The molecule has 1 aromatic carbocycles. The topological polar surface area (TPSA) is 37.7 Å². The molecule has 3 rings (SSSR count). The van der Waals surface area contributed by atoms with Crippen LogP contribution in [0.25, 0.3) is 0 Å². The van der Waals surface area contributed by atoms with Gasteiger partial charge in [0.25, 0.3) is 0 Å². The lowest BCUT2D eigenvalue weighted by Crippen LogP contribution is -2.48. The monoisotopic (exact) mass is 341 g/mol. The quantitative estimate of drug-likeness (QED) is 0.784. The fourth-order valence-electron chi connectivity index (χ4n) is 3.46. The zero-order valence-corrected chi connectivity index (χ0v) is 15.6. The summed E-state index contributed by atoms with van der Waals surface area (Å²) in [6.07, 6.45) is 0. The Morgan fingerprint density at radius 2 is 1.80 bits per heavy atom. The van der Waals surface area contributed by atoms with E-state index in [-0.39, 0.29) is 5.78 Å². The van der Waals surface area contributed by atoms with Gasteiger partial charge in [-0.05, 0) is 32.0 Å². The van der Waals surface area contributed by atoms with Crippen LogP contribution < -0.4 is 9.64 Å². The molecule has 0 atom stereocenters. The van der Waals surface area contributed by atoms with Gasteiger partial charge in [0.1, 0.15) is 5.75 Å². The Kier molecular flexibility index (Phi) is 5.13. The first-order valence-corrected chi connectivity index (χ1v) is 8.77. The molecule has 0 amide bonds. The number of Topliss-reactive ketones (excluding diaryl/α,β-unsaturated/α-hetero) is 1. The maximum atomic E-state index is 12.7. The molecular weight excluding hydrogens is 314 g/mol. The van der Waals surface area contributed by atoms with Crippen molar-refractivity contribution in [1.29, 1.82) is 0 Å². The largest absolute Gasteiger partial charge is 0.495 e. The zero-order valence-electron chi connectivity index (χ0n) is 15.6. The van der Waals surface area contributed by atoms with Gasteiger partial charge in [-0.25, -0.2) is 0 Å². The fourth-order valence-corrected chi connectivity index (χ4v) is 3.46. The minimum absolute atomic E-state index is 0.215. The highest BCUT2D eigenvalue weighted by atomic mass is 16.5. The smallest absolute Gasteiger partial charge is 0.178 e. The van der Waals surface area contributed by atoms with Gasteiger partial charge in [-0.1, -0.05) is 12.1 Å². The second kappa shape index (κ2) is 7.31. The molecule has 1 aliphatic rings. The lowest BCUT2D eigenvalue weighted by molar-refractivity contribution is 0.0925. The van der Waals surface area contributed by atoms with Crippen LogP contribution in [0.2, 0.25) is 0 Å². The molecule has 0 N–H and O–H groups in total. The first-order valence-electron chi connectivity index (χ1n) is 8.77. The van der Waals surface area contributed by atoms with Crippen LogP contribution in [0.4, 0.5) is 5.69 Å². The highest BCUT2D eigenvalue weighted by molar-refractivity contribution is 5.99. The van der Waals surface area contributed by atoms with E-state index in [1.807, 2.05) is 45.2 Å². The van der Waals surface area contributed by atoms with E-state index in [4.69, 9.17) is 4.74 Å². The summed E-state index contributed by atoms with van der Waals surface area (Å²) < 4.78 is 7.54. The molecule has 2 heterocycles. The minimum Gasteiger partial charge on any atom is -0.495 e. The molecule has 1 saturated heterocycles. The summed E-state index contributed by atoms with van der Waals surface area (Å²) in [5.41, 5.74) is 4.16. The number of nitrogens with zero attached hydrogens (tertiary/aromatic N) is 3. The molecular formula is C20H27N3O2. The number of hydrogen-bond donors (Lipinski definition) is 0. The van der Waals surface area contributed by atoms with E-state index in [0.29, 0.717) is 6.54 Å². The highest BCUT2D eigenvalue weighted by Crippen LogP contribution is 2.28. The average Bonchev–Trinajstić information content (AvgIpc) is 2.90. The molecule has 1 aromatic heterocycles. The number of rotatable bonds is 5. The molecule has 1 aliphatic heterocycles. The van der Waals surface area contributed by atoms with Gasteiger partial charge in [-0.15, -0.1) is 0 Å². The Bertz CT molecular complexity index is 758. The van der Waals surface area contributed by atoms with Crippen LogP contribution in [-0.2, 0) is 7.05 Å². The molecule has 1 fully saturated rings. The van der Waals surface area contributed by atoms with Crippen molar-refractivity contribution in [3.05, 3.63) is 47.3 Å². The molecule has 0 aliphatic carbocycles. The van der Waals surface area contributed by atoms with Crippen molar-refractivity contribution in [2.24, 2.45) is 7.05 Å². The number of carbonyl (C=O) groups is 1. The number of piperazine rings is 1. The maximum Gasteiger partial charge on any atom is 0.178 e. The summed E-state index contributed by atoms with van der Waals surface area (Å²) in [6.45, 7) is 8.11. The lowest BCUT2D eigenvalue weighted by Gasteiger charge is -2.36. The SMILES string of the molecule is COc1ccccc1N1CCN(CC(=O)c2cc(C)n(C)c2C)CC1. The van der Waals surface area contributed by atoms with Crippen LogP contribution in [0.15, 0.2) is 30.3 Å². The third-order valence-electron chi connectivity index (χ3n) is 5.24. The summed E-state index contributed by atoms with van der Waals surface area (Å²) in [5, 5.41) is 0. The number of anilines is 1. The normalized spacial score (nSPS) is 15.4. The highest BCUT2D eigenvalue weighted by Gasteiger charge is 2.22. The van der Waals surface area contributed by atoms with Crippen molar-refractivity contribution in [1.82, 2.24) is 9.47 Å². The number of methoxy groups -OCH3 is 1. The van der Waals surface area contributed by atoms with E-state index >= 15 is 0 Å². The molecule has 0 bridgehead atoms. The summed E-state index contributed by atoms with van der Waals surface area (Å²) in [4.78, 5) is 17.2. The molecule has 25 heavy (non-hydrogen) atoms. The molecule has 5 nitrogen and oxygen atoms in total. The van der Waals surface area contributed by atoms with Crippen molar-refractivity contribution in [2.45, 2.75) is 13.8 Å². The van der Waals surface area contributed by atoms with E-state index in [1.54, 1.807) is 7.11 Å². The van der Waals surface area contributed by atoms with E-state index < -0.39 is 0 Å². The zero-order chi connectivity index (χ0) is 18.0. The number of benzene rings is 1. The molecule has 0 spiro atoms. The van der Waals surface area contributed by atoms with Crippen molar-refractivity contribution in [3.63, 3.8) is 0 Å². The second-order valence-electron chi connectivity index (χ2n) is 6.70. The number of hydrogen-bond acceptors (Lipinski definition) is 4. The van der Waals surface area contributed by atoms with Crippen LogP contribution in [0.1, 0.15) is 21.7 Å². The van der Waals surface area contributed by atoms with Gasteiger partial charge in [0.05, 0.1) is 19.3 Å². The van der Waals surface area contributed by atoms with Gasteiger partial charge < -0.3 is 14.2 Å². The van der Waals surface area contributed by atoms with Crippen LogP contribution in [0, 0.1) is 13.8 Å². The van der Waals surface area contributed by atoms with Crippen LogP contribution in [0.3, 0.4) is 0 Å². The van der Waals surface area contributed by atoms with Gasteiger partial charge >= 0.3 is 0 Å². The third kappa shape index (κ3) is 3.56. The Morgan fingerprint density at radius 1 is 1.12 bits per heavy atom. The average molecular weight is 341 g/mol. The molecule has 0 unspecified atom stereocenters. The van der Waals surface area contributed by atoms with Gasteiger partial charge in [-0.2, -0.15) is 0 Å². The van der Waals surface area contributed by atoms with Crippen LogP contribution >= 0.6 is 0 Å². The number of aromatic nitrogens is 1. The predicted molar refractivity (Wildman–Crippen MR) is 101 cm³/mol. The predicted octanol–water partition coefficient (Wildman–Crippen LogP) is 2.66. The summed E-state index contributed by atoms with van der Waals surface area (Å²) in [6, 6.07) is 10.1. The van der Waals surface area contributed by atoms with Gasteiger partial charge in [0.2, 0.25) is 0 Å². The van der Waals surface area contributed by atoms with E-state index in [1.165, 1.54) is 0 Å². The van der Waals surface area contributed by atoms with Gasteiger partial charge in [0.15, 0.2) is 5.78 Å². The number of para-hydroxylation sites is 2. The molecule has 2 aromatic rings. The standard InChI is InChI=1S/C20H27N3O2/c1-15-13-17(16(2)21(15)3)19(24)14-22-9-11-23(12-10-22)18-7-5-6-8-20(18)25-4/h5-8,13H,9-12,14H2,1-4H3. The van der Waals surface area contributed by atoms with E-state index in [9.17, 15) is 4.79 Å². The number of ketones is 1. The van der Waals surface area contributed by atoms with Crippen molar-refractivity contribution >= 4 is 11.5 Å². The lowest BCUT2D eigenvalue weighted by atomic mass is 10.1. The Labute approximate surface area is 149 Å². The van der Waals surface area contributed by atoms with Gasteiger partial charge in [-0.3, -0.25) is 9.69 Å². The first kappa shape index (κ1) is 17.5. The van der Waals surface area contributed by atoms with Crippen molar-refractivity contribution < 1.29 is 9.53 Å². The maximum absolute atomic E-state index is 12.7. The Hall–Kier alpha value is -2.27. The second-order valence-corrected chi connectivity index (χ2v) is 6.70. The molecule has 5 heteroatoms. The molecule has 134 valence electrons. The first-order chi connectivity index (χ1) is 12.0. The van der Waals surface area contributed by atoms with Crippen LogP contribution in [-0.4, -0.2) is 55.1 Å². The Balaban J connectivity index is 1.61. The van der Waals surface area contributed by atoms with Crippen molar-refractivity contribution in [3.8, 4) is 5.75 Å². The number of aryl methyl sites for hydroxylation is 1. The van der Waals surface area contributed by atoms with E-state index in [2.05, 4.69) is 20.4 Å². The fraction of sp³-hybridized carbons (Fsp3) is 0.450. The van der Waals surface area contributed by atoms with E-state index in [0.717, 1.165) is 54.6 Å².